The number of carbonyl (C=O) groups is 1. The molecule has 1 atom stereocenters. The minimum absolute atomic E-state index is 0.289. The largest absolute Gasteiger partial charge is 0.509 e. The van der Waals surface area contributed by atoms with Crippen LogP contribution in [0.2, 0.25) is 0 Å². The Bertz CT molecular complexity index is 166. The molecule has 0 aromatic rings. The Morgan fingerprint density at radius 2 is 2.25 bits per heavy atom. The first-order chi connectivity index (χ1) is 5.52. The summed E-state index contributed by atoms with van der Waals surface area (Å²) in [6.45, 7) is 7.35. The normalized spacial score (nSPS) is 11.9. The first kappa shape index (κ1) is 11.3. The van der Waals surface area contributed by atoms with Crippen LogP contribution in [0.1, 0.15) is 20.3 Å². The number of rotatable bonds is 4. The molecule has 4 heteroatoms. The van der Waals surface area contributed by atoms with E-state index in [1.165, 1.54) is 0 Å². The standard InChI is InChI=1S/C8H13ClO3/c1-6(2)4-5-11-8(10)12-7(3)9/h7H,1,4-5H2,2-3H3. The van der Waals surface area contributed by atoms with Gasteiger partial charge in [-0.2, -0.15) is 0 Å². The smallest absolute Gasteiger partial charge is 0.434 e. The molecule has 0 aliphatic rings. The molecule has 0 aromatic heterocycles. The minimum Gasteiger partial charge on any atom is -0.434 e. The second kappa shape index (κ2) is 5.89. The van der Waals surface area contributed by atoms with Crippen molar-refractivity contribution in [2.24, 2.45) is 0 Å². The average molecular weight is 193 g/mol. The first-order valence-electron chi connectivity index (χ1n) is 3.64. The van der Waals surface area contributed by atoms with Crippen LogP contribution in [0.4, 0.5) is 4.79 Å². The van der Waals surface area contributed by atoms with Crippen LogP contribution < -0.4 is 0 Å². The van der Waals surface area contributed by atoms with E-state index in [0.29, 0.717) is 6.42 Å². The summed E-state index contributed by atoms with van der Waals surface area (Å²) in [4.78, 5) is 10.7. The van der Waals surface area contributed by atoms with Crippen LogP contribution in [0.25, 0.3) is 0 Å². The molecule has 0 aromatic carbocycles. The lowest BCUT2D eigenvalue weighted by Gasteiger charge is -2.06. The van der Waals surface area contributed by atoms with E-state index < -0.39 is 11.7 Å². The molecule has 70 valence electrons. The number of alkyl halides is 1. The summed E-state index contributed by atoms with van der Waals surface area (Å²) in [6, 6.07) is 0. The fraction of sp³-hybridized carbons (Fsp3) is 0.625. The van der Waals surface area contributed by atoms with Crippen molar-refractivity contribution in [1.82, 2.24) is 0 Å². The highest BCUT2D eigenvalue weighted by Crippen LogP contribution is 2.00. The molecule has 0 heterocycles. The van der Waals surface area contributed by atoms with Gasteiger partial charge in [-0.3, -0.25) is 0 Å². The van der Waals surface area contributed by atoms with Crippen LogP contribution in [0.15, 0.2) is 12.2 Å². The summed E-state index contributed by atoms with van der Waals surface area (Å²) in [7, 11) is 0. The molecular weight excluding hydrogens is 180 g/mol. The van der Waals surface area contributed by atoms with Gasteiger partial charge in [-0.15, -0.1) is 6.58 Å². The zero-order valence-corrected chi connectivity index (χ0v) is 8.06. The van der Waals surface area contributed by atoms with Crippen molar-refractivity contribution >= 4 is 17.8 Å². The maximum atomic E-state index is 10.7. The van der Waals surface area contributed by atoms with Gasteiger partial charge in [0.2, 0.25) is 0 Å². The molecule has 3 nitrogen and oxygen atoms in total. The first-order valence-corrected chi connectivity index (χ1v) is 4.08. The SMILES string of the molecule is C=C(C)CCOC(=O)OC(C)Cl. The van der Waals surface area contributed by atoms with E-state index in [4.69, 9.17) is 11.6 Å². The lowest BCUT2D eigenvalue weighted by molar-refractivity contribution is 0.0506. The molecule has 0 bridgehead atoms. The molecule has 0 saturated carbocycles. The molecule has 0 N–H and O–H groups in total. The zero-order valence-electron chi connectivity index (χ0n) is 7.30. The molecular formula is C8H13ClO3. The Hall–Kier alpha value is -0.700. The van der Waals surface area contributed by atoms with Gasteiger partial charge in [-0.1, -0.05) is 17.2 Å². The minimum atomic E-state index is -0.737. The number of hydrogen-bond donors (Lipinski definition) is 0. The van der Waals surface area contributed by atoms with E-state index >= 15 is 0 Å². The van der Waals surface area contributed by atoms with Crippen molar-refractivity contribution in [3.05, 3.63) is 12.2 Å². The molecule has 0 aliphatic carbocycles. The van der Waals surface area contributed by atoms with Crippen molar-refractivity contribution in [1.29, 1.82) is 0 Å². The number of hydrogen-bond acceptors (Lipinski definition) is 3. The topological polar surface area (TPSA) is 35.5 Å². The van der Waals surface area contributed by atoms with E-state index in [0.717, 1.165) is 5.57 Å². The molecule has 0 aliphatic heterocycles. The number of halogens is 1. The summed E-state index contributed by atoms with van der Waals surface area (Å²) in [5.41, 5.74) is 0.309. The van der Waals surface area contributed by atoms with E-state index in [1.54, 1.807) is 6.92 Å². The Morgan fingerprint density at radius 1 is 1.67 bits per heavy atom. The lowest BCUT2D eigenvalue weighted by Crippen LogP contribution is -2.12. The van der Waals surface area contributed by atoms with Crippen LogP contribution in [0, 0.1) is 0 Å². The second-order valence-electron chi connectivity index (χ2n) is 2.47. The Kier molecular flexibility index (Phi) is 5.54. The second-order valence-corrected chi connectivity index (χ2v) is 3.08. The quantitative estimate of drug-likeness (QED) is 0.390. The fourth-order valence-corrected chi connectivity index (χ4v) is 0.548. The van der Waals surface area contributed by atoms with Crippen molar-refractivity contribution in [2.75, 3.05) is 6.61 Å². The van der Waals surface area contributed by atoms with E-state index in [-0.39, 0.29) is 6.61 Å². The number of carbonyl (C=O) groups excluding carboxylic acids is 1. The molecule has 1 unspecified atom stereocenters. The van der Waals surface area contributed by atoms with Crippen LogP contribution in [-0.4, -0.2) is 18.3 Å². The predicted molar refractivity (Wildman–Crippen MR) is 47.2 cm³/mol. The maximum absolute atomic E-state index is 10.7. The molecule has 0 spiro atoms. The summed E-state index contributed by atoms with van der Waals surface area (Å²) in [5, 5.41) is 0. The molecule has 0 rings (SSSR count). The van der Waals surface area contributed by atoms with Gasteiger partial charge in [0.15, 0.2) is 5.56 Å². The monoisotopic (exact) mass is 192 g/mol. The van der Waals surface area contributed by atoms with Crippen molar-refractivity contribution in [3.8, 4) is 0 Å². The van der Waals surface area contributed by atoms with Gasteiger partial charge >= 0.3 is 6.16 Å². The van der Waals surface area contributed by atoms with Gasteiger partial charge in [0, 0.05) is 6.42 Å². The van der Waals surface area contributed by atoms with Gasteiger partial charge in [-0.25, -0.2) is 4.79 Å². The summed E-state index contributed by atoms with van der Waals surface area (Å²) in [5.74, 6) is 0. The van der Waals surface area contributed by atoms with Gasteiger partial charge < -0.3 is 9.47 Å². The van der Waals surface area contributed by atoms with Gasteiger partial charge in [0.1, 0.15) is 0 Å². The Morgan fingerprint density at radius 3 is 2.67 bits per heavy atom. The fourth-order valence-electron chi connectivity index (χ4n) is 0.475. The van der Waals surface area contributed by atoms with E-state index in [9.17, 15) is 4.79 Å². The van der Waals surface area contributed by atoms with Gasteiger partial charge in [-0.05, 0) is 13.8 Å². The van der Waals surface area contributed by atoms with Crippen LogP contribution in [0.5, 0.6) is 0 Å². The molecule has 0 fully saturated rings. The molecule has 0 amide bonds. The average Bonchev–Trinajstić information content (AvgIpc) is 1.84. The molecule has 0 saturated heterocycles. The predicted octanol–water partition coefficient (Wildman–Crippen LogP) is 2.69. The highest BCUT2D eigenvalue weighted by Gasteiger charge is 2.06. The van der Waals surface area contributed by atoms with Crippen LogP contribution in [-0.2, 0) is 9.47 Å². The third kappa shape index (κ3) is 7.41. The van der Waals surface area contributed by atoms with E-state index in [1.807, 2.05) is 6.92 Å². The van der Waals surface area contributed by atoms with Crippen molar-refractivity contribution < 1.29 is 14.3 Å². The molecule has 12 heavy (non-hydrogen) atoms. The van der Waals surface area contributed by atoms with Crippen LogP contribution in [0.3, 0.4) is 0 Å². The number of ether oxygens (including phenoxy) is 2. The summed E-state index contributed by atoms with van der Waals surface area (Å²) < 4.78 is 9.16. The zero-order chi connectivity index (χ0) is 9.56. The highest BCUT2D eigenvalue weighted by atomic mass is 35.5. The van der Waals surface area contributed by atoms with Gasteiger partial charge in [0.25, 0.3) is 0 Å². The third-order valence-corrected chi connectivity index (χ3v) is 1.10. The summed E-state index contributed by atoms with van der Waals surface area (Å²) >= 11 is 5.37. The summed E-state index contributed by atoms with van der Waals surface area (Å²) in [6.07, 6.45) is -0.0927. The lowest BCUT2D eigenvalue weighted by atomic mass is 10.3. The van der Waals surface area contributed by atoms with Crippen molar-refractivity contribution in [2.45, 2.75) is 25.8 Å². The maximum Gasteiger partial charge on any atom is 0.509 e. The highest BCUT2D eigenvalue weighted by molar-refractivity contribution is 6.19. The Labute approximate surface area is 77.3 Å². The van der Waals surface area contributed by atoms with E-state index in [2.05, 4.69) is 16.1 Å². The molecule has 0 radical (unpaired) electrons. The van der Waals surface area contributed by atoms with Gasteiger partial charge in [0.05, 0.1) is 6.61 Å². The van der Waals surface area contributed by atoms with Crippen LogP contribution >= 0.6 is 11.6 Å². The third-order valence-electron chi connectivity index (χ3n) is 1.01. The van der Waals surface area contributed by atoms with Crippen molar-refractivity contribution in [3.63, 3.8) is 0 Å². The Balaban J connectivity index is 3.38.